The molecule has 0 spiro atoms. The first kappa shape index (κ1) is 21.4. The number of guanidine groups is 1. The molecule has 2 aliphatic heterocycles. The van der Waals surface area contributed by atoms with E-state index in [9.17, 15) is 0 Å². The summed E-state index contributed by atoms with van der Waals surface area (Å²) in [7, 11) is 0. The lowest BCUT2D eigenvalue weighted by molar-refractivity contribution is 0.249. The van der Waals surface area contributed by atoms with Crippen LogP contribution >= 0.6 is 24.0 Å². The molecule has 0 saturated carbocycles. The third-order valence-corrected chi connectivity index (χ3v) is 5.81. The number of hydrogen-bond acceptors (Lipinski definition) is 3. The maximum Gasteiger partial charge on any atom is 0.193 e. The van der Waals surface area contributed by atoms with Crippen LogP contribution in [0.2, 0.25) is 0 Å². The van der Waals surface area contributed by atoms with Gasteiger partial charge >= 0.3 is 0 Å². The lowest BCUT2D eigenvalue weighted by Gasteiger charge is -2.25. The molecule has 6 nitrogen and oxygen atoms in total. The van der Waals surface area contributed by atoms with Gasteiger partial charge in [-0.25, -0.2) is 4.98 Å². The number of aryl methyl sites for hydroxylation is 1. The highest BCUT2D eigenvalue weighted by Crippen LogP contribution is 2.20. The number of aromatic nitrogens is 2. The predicted octanol–water partition coefficient (Wildman–Crippen LogP) is 2.94. The molecule has 1 N–H and O–H groups in total. The number of fused-ring (bicyclic) bond motifs is 1. The monoisotopic (exact) mass is 496 g/mol. The Morgan fingerprint density at radius 2 is 2.11 bits per heavy atom. The number of likely N-dealkylation sites (tertiary alicyclic amines) is 2. The van der Waals surface area contributed by atoms with Gasteiger partial charge in [-0.1, -0.05) is 6.07 Å². The summed E-state index contributed by atoms with van der Waals surface area (Å²) < 4.78 is 2.11. The molecule has 1 atom stereocenters. The fourth-order valence-corrected chi connectivity index (χ4v) is 4.37. The molecule has 2 aromatic heterocycles. The number of hydrogen-bond donors (Lipinski definition) is 1. The molecule has 2 aliphatic rings. The van der Waals surface area contributed by atoms with Crippen molar-refractivity contribution >= 4 is 35.6 Å². The maximum atomic E-state index is 4.91. The molecule has 7 heteroatoms. The van der Waals surface area contributed by atoms with Gasteiger partial charge in [0.15, 0.2) is 5.96 Å². The van der Waals surface area contributed by atoms with Crippen LogP contribution in [0.5, 0.6) is 0 Å². The molecule has 0 aliphatic carbocycles. The molecule has 0 radical (unpaired) electrons. The van der Waals surface area contributed by atoms with E-state index in [0.29, 0.717) is 6.04 Å². The highest BCUT2D eigenvalue weighted by Gasteiger charge is 2.30. The molecule has 2 fully saturated rings. The predicted molar refractivity (Wildman–Crippen MR) is 126 cm³/mol. The zero-order valence-corrected chi connectivity index (χ0v) is 19.4. The molecule has 0 amide bonds. The molecule has 1 unspecified atom stereocenters. The topological polar surface area (TPSA) is 48.2 Å². The Kier molecular flexibility index (Phi) is 7.56. The van der Waals surface area contributed by atoms with Gasteiger partial charge in [0.25, 0.3) is 0 Å². The fraction of sp³-hybridized carbons (Fsp3) is 0.619. The van der Waals surface area contributed by atoms with E-state index in [1.165, 1.54) is 37.9 Å². The molecule has 0 aromatic carbocycles. The molecule has 2 aromatic rings. The van der Waals surface area contributed by atoms with E-state index in [1.54, 1.807) is 0 Å². The van der Waals surface area contributed by atoms with E-state index in [1.807, 2.05) is 0 Å². The summed E-state index contributed by atoms with van der Waals surface area (Å²) in [5.41, 5.74) is 3.38. The maximum absolute atomic E-state index is 4.91. The molecular weight excluding hydrogens is 463 g/mol. The van der Waals surface area contributed by atoms with Gasteiger partial charge in [-0.3, -0.25) is 9.89 Å². The lowest BCUT2D eigenvalue weighted by atomic mass is 10.2. The summed E-state index contributed by atoms with van der Waals surface area (Å²) in [6.45, 7) is 10.7. The Labute approximate surface area is 185 Å². The van der Waals surface area contributed by atoms with Gasteiger partial charge in [-0.15, -0.1) is 24.0 Å². The SMILES string of the molecule is CCNC(=NCCc1cn2cccc(C)c2n1)N1CCC(N2CCCC2)C1.I. The normalized spacial score (nSPS) is 20.7. The van der Waals surface area contributed by atoms with Crippen molar-refractivity contribution in [1.29, 1.82) is 0 Å². The Bertz CT molecular complexity index is 795. The van der Waals surface area contributed by atoms with Crippen LogP contribution in [0.4, 0.5) is 0 Å². The number of halogens is 1. The second kappa shape index (κ2) is 9.91. The minimum Gasteiger partial charge on any atom is -0.357 e. The van der Waals surface area contributed by atoms with Crippen LogP contribution in [0.3, 0.4) is 0 Å². The summed E-state index contributed by atoms with van der Waals surface area (Å²) in [6, 6.07) is 4.88. The van der Waals surface area contributed by atoms with Crippen molar-refractivity contribution in [2.45, 2.75) is 45.6 Å². The average molecular weight is 496 g/mol. The molecule has 154 valence electrons. The smallest absolute Gasteiger partial charge is 0.193 e. The summed E-state index contributed by atoms with van der Waals surface area (Å²) in [5.74, 6) is 1.07. The van der Waals surface area contributed by atoms with Gasteiger partial charge < -0.3 is 14.6 Å². The van der Waals surface area contributed by atoms with Crippen molar-refractivity contribution in [3.8, 4) is 0 Å². The first-order chi connectivity index (χ1) is 13.2. The van der Waals surface area contributed by atoms with Crippen molar-refractivity contribution in [3.05, 3.63) is 35.8 Å². The quantitative estimate of drug-likeness (QED) is 0.393. The molecule has 4 rings (SSSR count). The molecule has 0 bridgehead atoms. The first-order valence-corrected chi connectivity index (χ1v) is 10.4. The fourth-order valence-electron chi connectivity index (χ4n) is 4.37. The zero-order chi connectivity index (χ0) is 18.6. The Balaban J connectivity index is 0.00000225. The van der Waals surface area contributed by atoms with Crippen molar-refractivity contribution in [2.75, 3.05) is 39.3 Å². The van der Waals surface area contributed by atoms with Crippen LogP contribution in [0.1, 0.15) is 37.4 Å². The Hall–Kier alpha value is -1.35. The minimum atomic E-state index is 0. The number of imidazole rings is 1. The van der Waals surface area contributed by atoms with Gasteiger partial charge in [-0.05, 0) is 57.8 Å². The van der Waals surface area contributed by atoms with Crippen molar-refractivity contribution < 1.29 is 0 Å². The van der Waals surface area contributed by atoms with Crippen LogP contribution in [0, 0.1) is 6.92 Å². The number of pyridine rings is 1. The highest BCUT2D eigenvalue weighted by atomic mass is 127. The van der Waals surface area contributed by atoms with Gasteiger partial charge in [0.1, 0.15) is 5.65 Å². The van der Waals surface area contributed by atoms with Crippen LogP contribution in [-0.2, 0) is 6.42 Å². The van der Waals surface area contributed by atoms with Crippen LogP contribution in [0.15, 0.2) is 29.5 Å². The minimum absolute atomic E-state index is 0. The number of nitrogens with one attached hydrogen (secondary N) is 1. The van der Waals surface area contributed by atoms with E-state index in [4.69, 9.17) is 9.98 Å². The van der Waals surface area contributed by atoms with Gasteiger partial charge in [0, 0.05) is 51.0 Å². The largest absolute Gasteiger partial charge is 0.357 e. The summed E-state index contributed by atoms with van der Waals surface area (Å²) in [5, 5.41) is 3.49. The van der Waals surface area contributed by atoms with E-state index >= 15 is 0 Å². The van der Waals surface area contributed by atoms with Crippen LogP contribution in [-0.4, -0.2) is 70.5 Å². The molecular formula is C21H33IN6. The first-order valence-electron chi connectivity index (χ1n) is 10.4. The van der Waals surface area contributed by atoms with Crippen molar-refractivity contribution in [3.63, 3.8) is 0 Å². The van der Waals surface area contributed by atoms with Gasteiger partial charge in [-0.2, -0.15) is 0 Å². The van der Waals surface area contributed by atoms with Gasteiger partial charge in [0.2, 0.25) is 0 Å². The average Bonchev–Trinajstić information content (AvgIpc) is 3.41. The summed E-state index contributed by atoms with van der Waals surface area (Å²) in [4.78, 5) is 14.8. The molecule has 2 saturated heterocycles. The molecule has 28 heavy (non-hydrogen) atoms. The second-order valence-corrected chi connectivity index (χ2v) is 7.77. The standard InChI is InChI=1S/C21H32N6.HI/c1-3-22-21(27-14-9-19(16-27)25-11-4-5-12-25)23-10-8-18-15-26-13-6-7-17(2)20(26)24-18;/h6-7,13,15,19H,3-5,8-12,14,16H2,1-2H3,(H,22,23);1H. The summed E-state index contributed by atoms with van der Waals surface area (Å²) >= 11 is 0. The van der Waals surface area contributed by atoms with Crippen LogP contribution < -0.4 is 5.32 Å². The number of nitrogens with zero attached hydrogens (tertiary/aromatic N) is 5. The van der Waals surface area contributed by atoms with Gasteiger partial charge in [0.05, 0.1) is 5.69 Å². The van der Waals surface area contributed by atoms with E-state index in [0.717, 1.165) is 49.9 Å². The van der Waals surface area contributed by atoms with E-state index < -0.39 is 0 Å². The van der Waals surface area contributed by atoms with Crippen LogP contribution in [0.25, 0.3) is 5.65 Å². The number of aliphatic imine (C=N–C) groups is 1. The molecule has 4 heterocycles. The Morgan fingerprint density at radius 3 is 2.86 bits per heavy atom. The third-order valence-electron chi connectivity index (χ3n) is 5.81. The third kappa shape index (κ3) is 4.79. The van der Waals surface area contributed by atoms with Crippen molar-refractivity contribution in [2.24, 2.45) is 4.99 Å². The lowest BCUT2D eigenvalue weighted by Crippen LogP contribution is -2.42. The number of rotatable bonds is 5. The zero-order valence-electron chi connectivity index (χ0n) is 17.1. The summed E-state index contributed by atoms with van der Waals surface area (Å²) in [6.07, 6.45) is 9.06. The second-order valence-electron chi connectivity index (χ2n) is 7.77. The van der Waals surface area contributed by atoms with E-state index in [2.05, 4.69) is 57.9 Å². The van der Waals surface area contributed by atoms with Crippen molar-refractivity contribution in [1.82, 2.24) is 24.5 Å². The highest BCUT2D eigenvalue weighted by molar-refractivity contribution is 14.0. The van der Waals surface area contributed by atoms with E-state index in [-0.39, 0.29) is 24.0 Å². The Morgan fingerprint density at radius 1 is 1.29 bits per heavy atom.